The average molecular weight is 788 g/mol. The summed E-state index contributed by atoms with van der Waals surface area (Å²) in [6.45, 7) is 3.55. The van der Waals surface area contributed by atoms with Crippen LogP contribution < -0.4 is 17.1 Å². The van der Waals surface area contributed by atoms with Crippen molar-refractivity contribution in [3.63, 3.8) is 0 Å². The molecule has 0 fully saturated rings. The second-order valence-corrected chi connectivity index (χ2v) is 12.7. The maximum Gasteiger partial charge on any atom is 0.366 e. The lowest BCUT2D eigenvalue weighted by atomic mass is 10.3. The molecule has 4 aromatic heterocycles. The zero-order chi connectivity index (χ0) is 33.6. The molecule has 4 heterocycles. The summed E-state index contributed by atoms with van der Waals surface area (Å²) >= 11 is 37.2. The Labute approximate surface area is 293 Å². The molecule has 0 N–H and O–H groups in total. The molecule has 0 radical (unpaired) electrons. The normalized spacial score (nSPS) is 11.7. The van der Waals surface area contributed by atoms with Gasteiger partial charge >= 0.3 is 17.1 Å². The van der Waals surface area contributed by atoms with Crippen LogP contribution in [0.3, 0.4) is 0 Å². The lowest BCUT2D eigenvalue weighted by Crippen LogP contribution is -2.47. The number of nitriles is 1. The van der Waals surface area contributed by atoms with Crippen molar-refractivity contribution in [1.82, 2.24) is 42.9 Å². The molecule has 0 aliphatic rings. The Kier molecular flexibility index (Phi) is 19.0. The minimum absolute atomic E-state index is 0. The first-order chi connectivity index (χ1) is 20.5. The second-order valence-electron chi connectivity index (χ2n) is 7.64. The van der Waals surface area contributed by atoms with Gasteiger partial charge in [0.2, 0.25) is 6.19 Å². The number of rotatable bonds is 3. The Balaban J connectivity index is 0. The number of aryl methyl sites for hydroxylation is 1. The molecular formula is C22H24Cl7N11O4S. The summed E-state index contributed by atoms with van der Waals surface area (Å²) in [5.41, 5.74) is -1.36. The fourth-order valence-corrected chi connectivity index (χ4v) is 4.11. The molecule has 246 valence electrons. The summed E-state index contributed by atoms with van der Waals surface area (Å²) in [6.07, 6.45) is 2.96. The minimum Gasteiger partial charge on any atom is -0.248 e. The number of aromatic nitrogens is 9. The third-order valence-corrected chi connectivity index (χ3v) is 8.29. The highest BCUT2D eigenvalue weighted by Crippen LogP contribution is 2.20. The molecule has 0 amide bonds. The summed E-state index contributed by atoms with van der Waals surface area (Å²) < 4.78 is 15.5. The summed E-state index contributed by atoms with van der Waals surface area (Å²) in [5, 5.41) is 31.0. The molecule has 0 aromatic carbocycles. The quantitative estimate of drug-likeness (QED) is 0.197. The highest BCUT2D eigenvalue weighted by molar-refractivity contribution is 7.93. The Morgan fingerprint density at radius 1 is 0.822 bits per heavy atom. The monoisotopic (exact) mass is 784 g/mol. The van der Waals surface area contributed by atoms with Gasteiger partial charge in [0, 0.05) is 43.0 Å². The molecule has 2 unspecified atom stereocenters. The highest BCUT2D eigenvalue weighted by Gasteiger charge is 2.17. The maximum absolute atomic E-state index is 11.9. The molecule has 15 nitrogen and oxygen atoms in total. The second kappa shape index (κ2) is 20.3. The Morgan fingerprint density at radius 2 is 1.24 bits per heavy atom. The van der Waals surface area contributed by atoms with Crippen molar-refractivity contribution in [3.05, 3.63) is 100 Å². The minimum atomic E-state index is -2.61. The van der Waals surface area contributed by atoms with Crippen LogP contribution in [0.15, 0.2) is 55.1 Å². The van der Waals surface area contributed by atoms with Crippen molar-refractivity contribution in [2.75, 3.05) is 6.26 Å². The van der Waals surface area contributed by atoms with E-state index in [1.54, 1.807) is 43.4 Å². The van der Waals surface area contributed by atoms with Gasteiger partial charge in [0.25, 0.3) is 0 Å². The molecular weight excluding hydrogens is 763 g/mol. The zero-order valence-corrected chi connectivity index (χ0v) is 28.5. The third-order valence-electron chi connectivity index (χ3n) is 4.54. The lowest BCUT2D eigenvalue weighted by Gasteiger charge is -2.10. The fourth-order valence-electron chi connectivity index (χ4n) is 2.20. The van der Waals surface area contributed by atoms with E-state index in [1.165, 1.54) is 6.26 Å². The summed E-state index contributed by atoms with van der Waals surface area (Å²) in [6, 6.07) is 10.1. The number of alkyl halides is 1. The van der Waals surface area contributed by atoms with Crippen molar-refractivity contribution < 1.29 is 5.64 Å². The van der Waals surface area contributed by atoms with Gasteiger partial charge in [-0.3, -0.25) is 0 Å². The van der Waals surface area contributed by atoms with Crippen LogP contribution in [0.25, 0.3) is 0 Å². The van der Waals surface area contributed by atoms with Gasteiger partial charge in [-0.05, 0) is 50.2 Å². The van der Waals surface area contributed by atoms with Gasteiger partial charge in [-0.2, -0.15) is 20.6 Å². The summed E-state index contributed by atoms with van der Waals surface area (Å²) in [7, 11) is -2.61. The van der Waals surface area contributed by atoms with Crippen LogP contribution in [-0.4, -0.2) is 53.3 Å². The zero-order valence-electron chi connectivity index (χ0n) is 22.4. The molecule has 23 heteroatoms. The van der Waals surface area contributed by atoms with Gasteiger partial charge in [-0.15, -0.1) is 43.5 Å². The van der Waals surface area contributed by atoms with Crippen LogP contribution in [-0.2, 0) is 15.6 Å². The van der Waals surface area contributed by atoms with Gasteiger partial charge < -0.3 is 0 Å². The van der Waals surface area contributed by atoms with E-state index in [0.717, 1.165) is 11.4 Å². The molecule has 0 bridgehead atoms. The van der Waals surface area contributed by atoms with Crippen LogP contribution >= 0.6 is 81.7 Å². The first-order valence-corrected chi connectivity index (χ1v) is 15.8. The van der Waals surface area contributed by atoms with Crippen LogP contribution in [0.4, 0.5) is 0 Å². The Morgan fingerprint density at radius 3 is 1.56 bits per heavy atom. The van der Waals surface area contributed by atoms with Crippen LogP contribution in [0.5, 0.6) is 0 Å². The number of hydrogen-bond acceptors (Lipinski definition) is 12. The molecule has 0 aliphatic heterocycles. The van der Waals surface area contributed by atoms with Gasteiger partial charge in [0.15, 0.2) is 15.5 Å². The van der Waals surface area contributed by atoms with E-state index in [2.05, 4.69) is 35.0 Å². The predicted octanol–water partition coefficient (Wildman–Crippen LogP) is 5.14. The Hall–Kier alpha value is -2.88. The summed E-state index contributed by atoms with van der Waals surface area (Å²) in [5.74, 6) is 0.379. The highest BCUT2D eigenvalue weighted by atomic mass is 35.5. The van der Waals surface area contributed by atoms with E-state index in [9.17, 15) is 18.6 Å². The van der Waals surface area contributed by atoms with Crippen molar-refractivity contribution in [3.8, 4) is 6.19 Å². The largest absolute Gasteiger partial charge is 0.366 e. The van der Waals surface area contributed by atoms with Gasteiger partial charge in [-0.25, -0.2) is 18.6 Å². The lowest BCUT2D eigenvalue weighted by molar-refractivity contribution is 0.670. The van der Waals surface area contributed by atoms with Crippen LogP contribution in [0.1, 0.15) is 38.1 Å². The first kappa shape index (κ1) is 42.1. The number of hydrogen-bond donors (Lipinski definition) is 0. The van der Waals surface area contributed by atoms with Crippen molar-refractivity contribution >= 4 is 91.5 Å². The first-order valence-electron chi connectivity index (χ1n) is 11.1. The standard InChI is InChI=1S/C8H9ClN4OS.C5H4Cl2N2.C5H5ClN2.C3Cl3N3O3.CH4.H2/c1-6(15(2,14)11-5-10)7-3-4-8(9)13-12-7;6-3-4-1-2-5(7)9-8-4;1-4-2-3-5(6)8-7-4;4-7-1(10)8(5)3(12)9(6)2(7)11;;/h3-4,6H,1-2H3;1-2H,3H2;2-3H,1H3;;1H4;1H/i;;;;;1+1. The summed E-state index contributed by atoms with van der Waals surface area (Å²) in [4.78, 5) is 32.3. The number of nitrogens with zero attached hydrogens (tertiary/aromatic N) is 11. The van der Waals surface area contributed by atoms with E-state index in [0.29, 0.717) is 21.9 Å². The Bertz CT molecular complexity index is 1760. The number of halogens is 7. The molecule has 0 aliphatic carbocycles. The molecule has 0 saturated heterocycles. The van der Waals surface area contributed by atoms with Crippen LogP contribution in [0.2, 0.25) is 15.5 Å². The van der Waals surface area contributed by atoms with Gasteiger partial charge in [0.05, 0.1) is 37.9 Å². The molecule has 4 rings (SSSR count). The maximum atomic E-state index is 11.9. The van der Waals surface area contributed by atoms with E-state index in [1.807, 2.05) is 13.0 Å². The SMILES string of the molecule is C.CC(c1ccc(Cl)nn1)S(C)(=O)=NC#N.Cc1ccc(Cl)nn1.ClCc1ccc(Cl)nn1.O=c1n(Cl)c(=O)n(Cl)c(=O)n1Cl.[2HH]. The molecule has 45 heavy (non-hydrogen) atoms. The van der Waals surface area contributed by atoms with Crippen LogP contribution in [0, 0.1) is 18.4 Å². The van der Waals surface area contributed by atoms with Gasteiger partial charge in [0.1, 0.15) is 0 Å². The van der Waals surface area contributed by atoms with Gasteiger partial charge in [-0.1, -0.05) is 42.2 Å². The molecule has 0 saturated carbocycles. The molecule has 4 aromatic rings. The fraction of sp³-hybridized carbons (Fsp3) is 0.273. The third kappa shape index (κ3) is 14.0. The molecule has 0 spiro atoms. The van der Waals surface area contributed by atoms with E-state index in [-0.39, 0.29) is 26.3 Å². The van der Waals surface area contributed by atoms with E-state index >= 15 is 0 Å². The van der Waals surface area contributed by atoms with Crippen molar-refractivity contribution in [1.29, 1.82) is 5.26 Å². The van der Waals surface area contributed by atoms with E-state index < -0.39 is 32.0 Å². The smallest absolute Gasteiger partial charge is 0.248 e. The average Bonchev–Trinajstić information content (AvgIpc) is 3.01. The molecule has 2 atom stereocenters. The van der Waals surface area contributed by atoms with Crippen molar-refractivity contribution in [2.24, 2.45) is 4.36 Å². The van der Waals surface area contributed by atoms with E-state index in [4.69, 9.17) is 87.0 Å². The predicted molar refractivity (Wildman–Crippen MR) is 178 cm³/mol. The van der Waals surface area contributed by atoms with Crippen molar-refractivity contribution in [2.45, 2.75) is 32.4 Å². The topological polar surface area (TPSA) is 197 Å².